The van der Waals surface area contributed by atoms with Crippen molar-refractivity contribution in [1.29, 1.82) is 5.26 Å². The van der Waals surface area contributed by atoms with Gasteiger partial charge in [-0.2, -0.15) is 5.26 Å². The lowest BCUT2D eigenvalue weighted by Crippen LogP contribution is -2.16. The van der Waals surface area contributed by atoms with E-state index in [1.807, 2.05) is 0 Å². The molecule has 1 amide bonds. The smallest absolute Gasteiger partial charge is 0.337 e. The van der Waals surface area contributed by atoms with Crippen molar-refractivity contribution in [2.24, 2.45) is 0 Å². The molecule has 0 atom stereocenters. The van der Waals surface area contributed by atoms with Crippen molar-refractivity contribution in [2.75, 3.05) is 5.32 Å². The lowest BCUT2D eigenvalue weighted by atomic mass is 10.1. The number of para-hydroxylation sites is 1. The summed E-state index contributed by atoms with van der Waals surface area (Å²) in [5.41, 5.74) is -0.749. The zero-order valence-electron chi connectivity index (χ0n) is 13.1. The van der Waals surface area contributed by atoms with Crippen molar-refractivity contribution in [3.8, 4) is 6.07 Å². The van der Waals surface area contributed by atoms with Crippen LogP contribution in [-0.4, -0.2) is 30.6 Å². The van der Waals surface area contributed by atoms with Crippen LogP contribution in [0.1, 0.15) is 26.4 Å². The molecule has 0 bridgehead atoms. The Morgan fingerprint density at radius 3 is 2.63 bits per heavy atom. The summed E-state index contributed by atoms with van der Waals surface area (Å²) in [5, 5.41) is 24.4. The summed E-state index contributed by atoms with van der Waals surface area (Å²) < 4.78 is 28.0. The first kappa shape index (κ1) is 18.4. The summed E-state index contributed by atoms with van der Waals surface area (Å²) in [6.07, 6.45) is 0. The molecule has 3 aromatic rings. The van der Waals surface area contributed by atoms with E-state index < -0.39 is 20.9 Å². The third kappa shape index (κ3) is 3.46. The Kier molecular flexibility index (Phi) is 4.57. The number of halogens is 1. The molecule has 0 aliphatic heterocycles. The van der Waals surface area contributed by atoms with Crippen LogP contribution >= 0.6 is 10.7 Å². The van der Waals surface area contributed by atoms with Crippen LogP contribution in [0.3, 0.4) is 0 Å². The van der Waals surface area contributed by atoms with Gasteiger partial charge in [0.1, 0.15) is 6.07 Å². The quantitative estimate of drug-likeness (QED) is 0.628. The Morgan fingerprint density at radius 2 is 2.00 bits per heavy atom. The van der Waals surface area contributed by atoms with Crippen LogP contribution in [0.2, 0.25) is 0 Å². The Bertz CT molecular complexity index is 1240. The highest BCUT2D eigenvalue weighted by Gasteiger charge is 2.22. The van der Waals surface area contributed by atoms with Crippen LogP contribution in [0, 0.1) is 11.3 Å². The molecule has 1 heterocycles. The molecule has 27 heavy (non-hydrogen) atoms. The van der Waals surface area contributed by atoms with E-state index in [4.69, 9.17) is 20.5 Å². The second-order valence-corrected chi connectivity index (χ2v) is 7.79. The maximum Gasteiger partial charge on any atom is 0.337 e. The number of hydrogen-bond donors (Lipinski definition) is 2. The Labute approximate surface area is 156 Å². The molecular weight excluding hydrogens is 398 g/mol. The van der Waals surface area contributed by atoms with Gasteiger partial charge in [0.2, 0.25) is 0 Å². The van der Waals surface area contributed by atoms with Crippen LogP contribution in [0.4, 0.5) is 5.69 Å². The number of benzene rings is 2. The van der Waals surface area contributed by atoms with E-state index in [9.17, 15) is 23.1 Å². The van der Waals surface area contributed by atoms with Gasteiger partial charge in [-0.05, 0) is 30.3 Å². The molecule has 0 unspecified atom stereocenters. The van der Waals surface area contributed by atoms with Gasteiger partial charge in [-0.15, -0.1) is 0 Å². The van der Waals surface area contributed by atoms with Crippen LogP contribution in [-0.2, 0) is 9.05 Å². The standard InChI is InChI=1S/C16H8ClN3O6S/c17-27(24,25)9-4-5-12-11(6-9)14(20-26-12)15(21)19-13-8(7-18)2-1-3-10(13)16(22)23/h1-6H,(H,19,21)(H,22,23). The van der Waals surface area contributed by atoms with Gasteiger partial charge in [-0.25, -0.2) is 13.2 Å². The fourth-order valence-corrected chi connectivity index (χ4v) is 3.14. The number of carboxylic acids is 1. The zero-order valence-corrected chi connectivity index (χ0v) is 14.7. The first-order valence-electron chi connectivity index (χ1n) is 7.14. The third-order valence-corrected chi connectivity index (χ3v) is 4.94. The van der Waals surface area contributed by atoms with Crippen molar-refractivity contribution >= 4 is 48.3 Å². The maximum absolute atomic E-state index is 12.6. The fourth-order valence-electron chi connectivity index (χ4n) is 2.36. The number of carbonyl (C=O) groups is 2. The van der Waals surface area contributed by atoms with E-state index in [-0.39, 0.29) is 38.4 Å². The summed E-state index contributed by atoms with van der Waals surface area (Å²) in [4.78, 5) is 23.7. The number of fused-ring (bicyclic) bond motifs is 1. The van der Waals surface area contributed by atoms with Crippen molar-refractivity contribution < 1.29 is 27.6 Å². The van der Waals surface area contributed by atoms with E-state index in [2.05, 4.69) is 10.5 Å². The lowest BCUT2D eigenvalue weighted by molar-refractivity contribution is 0.0698. The molecule has 136 valence electrons. The molecule has 0 radical (unpaired) electrons. The van der Waals surface area contributed by atoms with Crippen molar-refractivity contribution in [3.05, 3.63) is 53.2 Å². The zero-order chi connectivity index (χ0) is 19.8. The minimum Gasteiger partial charge on any atom is -0.478 e. The number of aromatic carboxylic acids is 1. The SMILES string of the molecule is N#Cc1cccc(C(=O)O)c1NC(=O)c1noc2ccc(S(=O)(=O)Cl)cc12. The molecule has 2 N–H and O–H groups in total. The molecule has 0 fully saturated rings. The number of carboxylic acid groups (broad SMARTS) is 1. The normalized spacial score (nSPS) is 11.1. The van der Waals surface area contributed by atoms with Crippen molar-refractivity contribution in [3.63, 3.8) is 0 Å². The molecule has 0 aliphatic carbocycles. The topological polar surface area (TPSA) is 150 Å². The highest BCUT2D eigenvalue weighted by atomic mass is 35.7. The fraction of sp³-hybridized carbons (Fsp3) is 0. The Morgan fingerprint density at radius 1 is 1.26 bits per heavy atom. The van der Waals surface area contributed by atoms with Gasteiger partial charge in [0.25, 0.3) is 15.0 Å². The number of aromatic nitrogens is 1. The van der Waals surface area contributed by atoms with Crippen molar-refractivity contribution in [2.45, 2.75) is 4.90 Å². The second-order valence-electron chi connectivity index (χ2n) is 5.23. The van der Waals surface area contributed by atoms with Crippen molar-refractivity contribution in [1.82, 2.24) is 5.16 Å². The summed E-state index contributed by atoms with van der Waals surface area (Å²) in [6, 6.07) is 9.28. The lowest BCUT2D eigenvalue weighted by Gasteiger charge is -2.09. The van der Waals surface area contributed by atoms with Gasteiger partial charge in [0, 0.05) is 10.7 Å². The molecule has 0 spiro atoms. The monoisotopic (exact) mass is 405 g/mol. The molecule has 11 heteroatoms. The minimum absolute atomic E-state index is 0.0561. The van der Waals surface area contributed by atoms with Gasteiger partial charge < -0.3 is 14.9 Å². The van der Waals surface area contributed by atoms with Gasteiger partial charge in [0.15, 0.2) is 11.3 Å². The molecule has 0 aliphatic rings. The number of hydrogen-bond acceptors (Lipinski definition) is 7. The number of nitrogens with zero attached hydrogens (tertiary/aromatic N) is 2. The average Bonchev–Trinajstić information content (AvgIpc) is 3.04. The van der Waals surface area contributed by atoms with E-state index >= 15 is 0 Å². The number of rotatable bonds is 4. The third-order valence-electron chi connectivity index (χ3n) is 3.59. The predicted molar refractivity (Wildman–Crippen MR) is 93.1 cm³/mol. The minimum atomic E-state index is -4.05. The summed E-state index contributed by atoms with van der Waals surface area (Å²) >= 11 is 0. The highest BCUT2D eigenvalue weighted by molar-refractivity contribution is 8.13. The van der Waals surface area contributed by atoms with Crippen LogP contribution in [0.25, 0.3) is 11.0 Å². The molecule has 1 aromatic heterocycles. The average molecular weight is 406 g/mol. The summed E-state index contributed by atoms with van der Waals surface area (Å²) in [5.74, 6) is -2.23. The molecule has 2 aromatic carbocycles. The van der Waals surface area contributed by atoms with Gasteiger partial charge in [-0.1, -0.05) is 11.2 Å². The molecular formula is C16H8ClN3O6S. The maximum atomic E-state index is 12.6. The molecule has 3 rings (SSSR count). The number of carbonyl (C=O) groups excluding carboxylic acids is 1. The molecule has 9 nitrogen and oxygen atoms in total. The molecule has 0 saturated carbocycles. The first-order chi connectivity index (χ1) is 12.7. The number of nitrogens with one attached hydrogen (secondary N) is 1. The number of nitriles is 1. The predicted octanol–water partition coefficient (Wildman–Crippen LogP) is 2.58. The van der Waals surface area contributed by atoms with E-state index in [1.54, 1.807) is 6.07 Å². The van der Waals surface area contributed by atoms with E-state index in [1.165, 1.54) is 30.3 Å². The Balaban J connectivity index is 2.09. The second kappa shape index (κ2) is 6.71. The van der Waals surface area contributed by atoms with Gasteiger partial charge >= 0.3 is 5.97 Å². The summed E-state index contributed by atoms with van der Waals surface area (Å²) in [7, 11) is 1.25. The van der Waals surface area contributed by atoms with Crippen LogP contribution in [0.5, 0.6) is 0 Å². The van der Waals surface area contributed by atoms with Gasteiger partial charge in [-0.3, -0.25) is 4.79 Å². The Hall–Kier alpha value is -3.42. The number of amides is 1. The van der Waals surface area contributed by atoms with Gasteiger partial charge in [0.05, 0.1) is 27.1 Å². The van der Waals surface area contributed by atoms with Crippen LogP contribution in [0.15, 0.2) is 45.8 Å². The largest absolute Gasteiger partial charge is 0.478 e. The first-order valence-corrected chi connectivity index (χ1v) is 9.45. The number of anilines is 1. The van der Waals surface area contributed by atoms with Crippen LogP contribution < -0.4 is 5.32 Å². The van der Waals surface area contributed by atoms with E-state index in [0.29, 0.717) is 0 Å². The highest BCUT2D eigenvalue weighted by Crippen LogP contribution is 2.26. The van der Waals surface area contributed by atoms with E-state index in [0.717, 1.165) is 6.07 Å². The summed E-state index contributed by atoms with van der Waals surface area (Å²) in [6.45, 7) is 0. The molecule has 0 saturated heterocycles.